The van der Waals surface area contributed by atoms with Crippen LogP contribution in [-0.4, -0.2) is 52.8 Å². The van der Waals surface area contributed by atoms with Crippen LogP contribution in [-0.2, 0) is 0 Å². The lowest BCUT2D eigenvalue weighted by Gasteiger charge is -2.18. The molecule has 6 nitrogen and oxygen atoms in total. The highest BCUT2D eigenvalue weighted by Gasteiger charge is 2.20. The van der Waals surface area contributed by atoms with Crippen molar-refractivity contribution in [2.24, 2.45) is 0 Å². The number of nitrogens with one attached hydrogen (secondary N) is 1. The van der Waals surface area contributed by atoms with Gasteiger partial charge in [-0.3, -0.25) is 4.79 Å². The zero-order valence-electron chi connectivity index (χ0n) is 16.7. The van der Waals surface area contributed by atoms with Crippen LogP contribution in [0.15, 0.2) is 36.5 Å². The van der Waals surface area contributed by atoms with Crippen molar-refractivity contribution in [1.82, 2.24) is 25.0 Å². The number of nitrogens with zero attached hydrogens (tertiary/aromatic N) is 4. The molecular weight excluding hydrogens is 338 g/mol. The Labute approximate surface area is 160 Å². The van der Waals surface area contributed by atoms with Gasteiger partial charge in [-0.25, -0.2) is 9.67 Å². The molecule has 3 rings (SSSR count). The summed E-state index contributed by atoms with van der Waals surface area (Å²) in [6, 6.07) is 10.2. The van der Waals surface area contributed by atoms with E-state index in [9.17, 15) is 4.79 Å². The smallest absolute Gasteiger partial charge is 0.254 e. The van der Waals surface area contributed by atoms with E-state index in [1.54, 1.807) is 11.1 Å². The number of amides is 1. The number of hydrogen-bond donors (Lipinski definition) is 1. The first-order valence-electron chi connectivity index (χ1n) is 9.27. The van der Waals surface area contributed by atoms with Crippen LogP contribution in [0.4, 0.5) is 0 Å². The molecule has 0 saturated heterocycles. The lowest BCUT2D eigenvalue weighted by molar-refractivity contribution is 0.0798. The van der Waals surface area contributed by atoms with Crippen LogP contribution in [0.1, 0.15) is 35.8 Å². The van der Waals surface area contributed by atoms with Crippen LogP contribution in [0.2, 0.25) is 0 Å². The van der Waals surface area contributed by atoms with Crippen molar-refractivity contribution >= 4 is 16.9 Å². The molecule has 0 bridgehead atoms. The Kier molecular flexibility index (Phi) is 5.56. The van der Waals surface area contributed by atoms with Gasteiger partial charge in [0.1, 0.15) is 0 Å². The van der Waals surface area contributed by atoms with Crippen LogP contribution in [0.5, 0.6) is 0 Å². The minimum absolute atomic E-state index is 0.0192. The Bertz CT molecular complexity index is 943. The molecule has 0 radical (unpaired) electrons. The maximum absolute atomic E-state index is 13.1. The maximum atomic E-state index is 13.1. The van der Waals surface area contributed by atoms with Crippen LogP contribution in [0, 0.1) is 6.92 Å². The molecule has 0 unspecified atom stereocenters. The standard InChI is InChI=1S/C21H27N5O/c1-14(2)26-20-18(13-23-26)17(21(27)25(5)11-10-22-4)12-19(24-20)16-8-6-15(3)7-9-16/h6-9,12-14,22H,10-11H2,1-5H3. The first-order valence-corrected chi connectivity index (χ1v) is 9.27. The molecule has 3 aromatic rings. The number of pyridine rings is 1. The highest BCUT2D eigenvalue weighted by Crippen LogP contribution is 2.27. The molecule has 0 aliphatic rings. The first kappa shape index (κ1) is 19.0. The summed E-state index contributed by atoms with van der Waals surface area (Å²) in [5, 5.41) is 8.35. The predicted octanol–water partition coefficient (Wildman–Crippen LogP) is 3.28. The molecule has 2 aromatic heterocycles. The lowest BCUT2D eigenvalue weighted by Crippen LogP contribution is -2.33. The van der Waals surface area contributed by atoms with Crippen molar-refractivity contribution in [2.75, 3.05) is 27.2 Å². The summed E-state index contributed by atoms with van der Waals surface area (Å²) in [6.07, 6.45) is 1.75. The summed E-state index contributed by atoms with van der Waals surface area (Å²) in [5.74, 6) is -0.0192. The molecule has 6 heteroatoms. The van der Waals surface area contributed by atoms with Crippen LogP contribution in [0.25, 0.3) is 22.3 Å². The summed E-state index contributed by atoms with van der Waals surface area (Å²) >= 11 is 0. The number of carbonyl (C=O) groups excluding carboxylic acids is 1. The van der Waals surface area contributed by atoms with E-state index in [1.165, 1.54) is 5.56 Å². The Balaban J connectivity index is 2.16. The van der Waals surface area contributed by atoms with Crippen LogP contribution < -0.4 is 5.32 Å². The average molecular weight is 365 g/mol. The van der Waals surface area contributed by atoms with E-state index in [0.717, 1.165) is 28.8 Å². The molecule has 2 heterocycles. The molecule has 0 atom stereocenters. The van der Waals surface area contributed by atoms with E-state index in [-0.39, 0.29) is 11.9 Å². The number of fused-ring (bicyclic) bond motifs is 1. The van der Waals surface area contributed by atoms with Gasteiger partial charge in [0.05, 0.1) is 22.8 Å². The van der Waals surface area contributed by atoms with Crippen molar-refractivity contribution in [2.45, 2.75) is 26.8 Å². The van der Waals surface area contributed by atoms with E-state index >= 15 is 0 Å². The Morgan fingerprint density at radius 1 is 1.26 bits per heavy atom. The molecule has 27 heavy (non-hydrogen) atoms. The first-order chi connectivity index (χ1) is 12.9. The van der Waals surface area contributed by atoms with Crippen LogP contribution in [0.3, 0.4) is 0 Å². The molecule has 0 spiro atoms. The number of benzene rings is 1. The molecule has 1 aromatic carbocycles. The fourth-order valence-electron chi connectivity index (χ4n) is 3.03. The number of carbonyl (C=O) groups is 1. The van der Waals surface area contributed by atoms with Gasteiger partial charge in [-0.2, -0.15) is 5.10 Å². The lowest BCUT2D eigenvalue weighted by atomic mass is 10.0. The molecule has 1 amide bonds. The van der Waals surface area contributed by atoms with Gasteiger partial charge in [-0.05, 0) is 33.9 Å². The number of hydrogen-bond acceptors (Lipinski definition) is 4. The van der Waals surface area contributed by atoms with Gasteiger partial charge < -0.3 is 10.2 Å². The fraction of sp³-hybridized carbons (Fsp3) is 0.381. The molecule has 0 aliphatic heterocycles. The summed E-state index contributed by atoms with van der Waals surface area (Å²) < 4.78 is 1.87. The Morgan fingerprint density at radius 3 is 2.59 bits per heavy atom. The van der Waals surface area contributed by atoms with E-state index < -0.39 is 0 Å². The second-order valence-electron chi connectivity index (χ2n) is 7.17. The van der Waals surface area contributed by atoms with Gasteiger partial charge in [0, 0.05) is 31.7 Å². The highest BCUT2D eigenvalue weighted by molar-refractivity contribution is 6.06. The summed E-state index contributed by atoms with van der Waals surface area (Å²) in [6.45, 7) is 7.56. The zero-order valence-corrected chi connectivity index (χ0v) is 16.7. The second-order valence-corrected chi connectivity index (χ2v) is 7.17. The van der Waals surface area contributed by atoms with E-state index in [4.69, 9.17) is 4.98 Å². The fourth-order valence-corrected chi connectivity index (χ4v) is 3.03. The van der Waals surface area contributed by atoms with Crippen molar-refractivity contribution in [3.8, 4) is 11.3 Å². The minimum Gasteiger partial charge on any atom is -0.340 e. The third kappa shape index (κ3) is 3.85. The molecule has 0 fully saturated rings. The number of likely N-dealkylation sites (N-methyl/N-ethyl adjacent to an activating group) is 2. The SMILES string of the molecule is CNCCN(C)C(=O)c1cc(-c2ccc(C)cc2)nc2c1cnn2C(C)C. The molecular formula is C21H27N5O. The monoisotopic (exact) mass is 365 g/mol. The van der Waals surface area contributed by atoms with Gasteiger partial charge in [-0.1, -0.05) is 29.8 Å². The minimum atomic E-state index is -0.0192. The van der Waals surface area contributed by atoms with Gasteiger partial charge in [0.25, 0.3) is 5.91 Å². The van der Waals surface area contributed by atoms with Gasteiger partial charge >= 0.3 is 0 Å². The maximum Gasteiger partial charge on any atom is 0.254 e. The van der Waals surface area contributed by atoms with Crippen molar-refractivity contribution in [3.05, 3.63) is 47.7 Å². The highest BCUT2D eigenvalue weighted by atomic mass is 16.2. The number of rotatable bonds is 6. The summed E-state index contributed by atoms with van der Waals surface area (Å²) in [5.41, 5.74) is 4.35. The number of aryl methyl sites for hydroxylation is 1. The van der Waals surface area contributed by atoms with Gasteiger partial charge in [0.15, 0.2) is 5.65 Å². The van der Waals surface area contributed by atoms with E-state index in [1.807, 2.05) is 37.0 Å². The third-order valence-corrected chi connectivity index (χ3v) is 4.68. The van der Waals surface area contributed by atoms with Crippen molar-refractivity contribution in [3.63, 3.8) is 0 Å². The summed E-state index contributed by atoms with van der Waals surface area (Å²) in [4.78, 5) is 19.7. The van der Waals surface area contributed by atoms with E-state index in [2.05, 4.69) is 43.3 Å². The van der Waals surface area contributed by atoms with Crippen molar-refractivity contribution < 1.29 is 4.79 Å². The zero-order chi connectivity index (χ0) is 19.6. The average Bonchev–Trinajstić information content (AvgIpc) is 3.09. The molecule has 0 saturated carbocycles. The predicted molar refractivity (Wildman–Crippen MR) is 109 cm³/mol. The van der Waals surface area contributed by atoms with Gasteiger partial charge in [0.2, 0.25) is 0 Å². The second kappa shape index (κ2) is 7.88. The summed E-state index contributed by atoms with van der Waals surface area (Å²) in [7, 11) is 3.70. The van der Waals surface area contributed by atoms with E-state index in [0.29, 0.717) is 12.1 Å². The Hall–Kier alpha value is -2.73. The Morgan fingerprint density at radius 2 is 1.96 bits per heavy atom. The largest absolute Gasteiger partial charge is 0.340 e. The topological polar surface area (TPSA) is 63.1 Å². The quantitative estimate of drug-likeness (QED) is 0.728. The third-order valence-electron chi connectivity index (χ3n) is 4.68. The van der Waals surface area contributed by atoms with Gasteiger partial charge in [-0.15, -0.1) is 0 Å². The number of aromatic nitrogens is 3. The molecule has 0 aliphatic carbocycles. The van der Waals surface area contributed by atoms with Crippen molar-refractivity contribution in [1.29, 1.82) is 0 Å². The molecule has 142 valence electrons. The molecule has 1 N–H and O–H groups in total. The van der Waals surface area contributed by atoms with Crippen LogP contribution >= 0.6 is 0 Å². The normalized spacial score (nSPS) is 11.3.